The second-order valence-electron chi connectivity index (χ2n) is 6.85. The van der Waals surface area contributed by atoms with Gasteiger partial charge in [-0.1, -0.05) is 23.7 Å². The van der Waals surface area contributed by atoms with Gasteiger partial charge in [0, 0.05) is 37.7 Å². The normalized spacial score (nSPS) is 18.8. The molecule has 1 fully saturated rings. The molecule has 6 heteroatoms. The summed E-state index contributed by atoms with van der Waals surface area (Å²) < 4.78 is 0. The SMILES string of the molecule is CN=C(NCCc1ccc(Cl)cc1)NCC1CCCN(C(C)C)C1.I. The van der Waals surface area contributed by atoms with Crippen molar-refractivity contribution in [1.29, 1.82) is 0 Å². The van der Waals surface area contributed by atoms with E-state index in [4.69, 9.17) is 11.6 Å². The minimum absolute atomic E-state index is 0. The van der Waals surface area contributed by atoms with Crippen LogP contribution in [0.4, 0.5) is 0 Å². The number of likely N-dealkylation sites (tertiary alicyclic amines) is 1. The van der Waals surface area contributed by atoms with E-state index in [9.17, 15) is 0 Å². The average Bonchev–Trinajstić information content (AvgIpc) is 2.59. The van der Waals surface area contributed by atoms with Gasteiger partial charge in [-0.25, -0.2) is 0 Å². The van der Waals surface area contributed by atoms with Crippen LogP contribution in [0.5, 0.6) is 0 Å². The number of nitrogens with one attached hydrogen (secondary N) is 2. The van der Waals surface area contributed by atoms with Gasteiger partial charge in [-0.3, -0.25) is 4.99 Å². The number of halogens is 2. The molecule has 1 aromatic rings. The Morgan fingerprint density at radius 1 is 1.28 bits per heavy atom. The predicted molar refractivity (Wildman–Crippen MR) is 119 cm³/mol. The molecular formula is C19H32ClIN4. The summed E-state index contributed by atoms with van der Waals surface area (Å²) in [7, 11) is 1.83. The smallest absolute Gasteiger partial charge is 0.190 e. The highest BCUT2D eigenvalue weighted by atomic mass is 127. The third-order valence-electron chi connectivity index (χ3n) is 4.68. The highest BCUT2D eigenvalue weighted by Gasteiger charge is 2.21. The van der Waals surface area contributed by atoms with Gasteiger partial charge in [-0.2, -0.15) is 0 Å². The average molecular weight is 479 g/mol. The van der Waals surface area contributed by atoms with E-state index in [0.29, 0.717) is 12.0 Å². The maximum absolute atomic E-state index is 5.92. The molecule has 1 saturated heterocycles. The fourth-order valence-corrected chi connectivity index (χ4v) is 3.30. The zero-order chi connectivity index (χ0) is 17.4. The van der Waals surface area contributed by atoms with Gasteiger partial charge in [0.05, 0.1) is 0 Å². The van der Waals surface area contributed by atoms with E-state index in [0.717, 1.165) is 30.5 Å². The van der Waals surface area contributed by atoms with Crippen LogP contribution in [0, 0.1) is 5.92 Å². The van der Waals surface area contributed by atoms with Gasteiger partial charge in [0.2, 0.25) is 0 Å². The van der Waals surface area contributed by atoms with Gasteiger partial charge in [-0.05, 0) is 63.3 Å². The number of aliphatic imine (C=N–C) groups is 1. The third-order valence-corrected chi connectivity index (χ3v) is 4.93. The number of rotatable bonds is 6. The van der Waals surface area contributed by atoms with Crippen LogP contribution >= 0.6 is 35.6 Å². The van der Waals surface area contributed by atoms with Gasteiger partial charge >= 0.3 is 0 Å². The second-order valence-corrected chi connectivity index (χ2v) is 7.29. The van der Waals surface area contributed by atoms with Crippen molar-refractivity contribution in [3.8, 4) is 0 Å². The molecule has 1 aromatic carbocycles. The first-order valence-electron chi connectivity index (χ1n) is 9.01. The van der Waals surface area contributed by atoms with Crippen LogP contribution in [0.2, 0.25) is 5.02 Å². The minimum atomic E-state index is 0. The molecule has 2 rings (SSSR count). The van der Waals surface area contributed by atoms with E-state index in [1.54, 1.807) is 0 Å². The maximum atomic E-state index is 5.92. The zero-order valence-electron chi connectivity index (χ0n) is 15.6. The lowest BCUT2D eigenvalue weighted by molar-refractivity contribution is 0.141. The first kappa shape index (κ1) is 22.5. The molecule has 142 valence electrons. The van der Waals surface area contributed by atoms with E-state index in [1.165, 1.54) is 31.5 Å². The van der Waals surface area contributed by atoms with Gasteiger partial charge in [0.1, 0.15) is 0 Å². The van der Waals surface area contributed by atoms with E-state index in [-0.39, 0.29) is 24.0 Å². The molecule has 4 nitrogen and oxygen atoms in total. The molecule has 1 unspecified atom stereocenters. The summed E-state index contributed by atoms with van der Waals surface area (Å²) in [5, 5.41) is 7.67. The summed E-state index contributed by atoms with van der Waals surface area (Å²) >= 11 is 5.92. The summed E-state index contributed by atoms with van der Waals surface area (Å²) in [4.78, 5) is 6.91. The molecule has 0 saturated carbocycles. The Labute approximate surface area is 174 Å². The Kier molecular flexibility index (Phi) is 10.8. The Morgan fingerprint density at radius 2 is 2.00 bits per heavy atom. The molecule has 25 heavy (non-hydrogen) atoms. The first-order valence-corrected chi connectivity index (χ1v) is 9.39. The minimum Gasteiger partial charge on any atom is -0.356 e. The van der Waals surface area contributed by atoms with Crippen LogP contribution in [0.1, 0.15) is 32.3 Å². The number of guanidine groups is 1. The first-order chi connectivity index (χ1) is 11.6. The molecule has 0 bridgehead atoms. The molecule has 1 heterocycles. The highest BCUT2D eigenvalue weighted by molar-refractivity contribution is 14.0. The number of benzene rings is 1. The molecule has 1 aliphatic heterocycles. The van der Waals surface area contributed by atoms with Crippen LogP contribution in [0.15, 0.2) is 29.3 Å². The van der Waals surface area contributed by atoms with Crippen molar-refractivity contribution in [3.63, 3.8) is 0 Å². The van der Waals surface area contributed by atoms with E-state index in [1.807, 2.05) is 19.2 Å². The Bertz CT molecular complexity index is 519. The molecule has 0 spiro atoms. The molecule has 0 amide bonds. The standard InChI is InChI=1S/C19H31ClN4.HI/c1-15(2)24-12-4-5-17(14-24)13-23-19(21-3)22-11-10-16-6-8-18(20)9-7-16;/h6-9,15,17H,4-5,10-14H2,1-3H3,(H2,21,22,23);1H. The number of piperidine rings is 1. The largest absolute Gasteiger partial charge is 0.356 e. The lowest BCUT2D eigenvalue weighted by Crippen LogP contribution is -2.46. The molecule has 1 aliphatic rings. The summed E-state index contributed by atoms with van der Waals surface area (Å²) in [6.07, 6.45) is 3.56. The molecule has 0 radical (unpaired) electrons. The summed E-state index contributed by atoms with van der Waals surface area (Å²) in [6, 6.07) is 8.66. The second kappa shape index (κ2) is 12.0. The van der Waals surface area contributed by atoms with Crippen molar-refractivity contribution in [1.82, 2.24) is 15.5 Å². The monoisotopic (exact) mass is 478 g/mol. The van der Waals surface area contributed by atoms with Crippen LogP contribution in [0.3, 0.4) is 0 Å². The van der Waals surface area contributed by atoms with Crippen molar-refractivity contribution in [2.75, 3.05) is 33.2 Å². The lowest BCUT2D eigenvalue weighted by atomic mass is 9.97. The van der Waals surface area contributed by atoms with Crippen molar-refractivity contribution in [2.45, 2.75) is 39.2 Å². The van der Waals surface area contributed by atoms with Crippen molar-refractivity contribution < 1.29 is 0 Å². The number of hydrogen-bond acceptors (Lipinski definition) is 2. The summed E-state index contributed by atoms with van der Waals surface area (Å²) in [5.74, 6) is 1.60. The lowest BCUT2D eigenvalue weighted by Gasteiger charge is -2.35. The summed E-state index contributed by atoms with van der Waals surface area (Å²) in [6.45, 7) is 8.85. The van der Waals surface area contributed by atoms with Crippen molar-refractivity contribution >= 4 is 41.5 Å². The topological polar surface area (TPSA) is 39.7 Å². The molecule has 2 N–H and O–H groups in total. The number of hydrogen-bond donors (Lipinski definition) is 2. The van der Waals surface area contributed by atoms with Crippen molar-refractivity contribution in [2.24, 2.45) is 10.9 Å². The zero-order valence-corrected chi connectivity index (χ0v) is 18.7. The van der Waals surface area contributed by atoms with Gasteiger partial charge in [0.25, 0.3) is 0 Å². The van der Waals surface area contributed by atoms with Crippen LogP contribution in [0.25, 0.3) is 0 Å². The quantitative estimate of drug-likeness (QED) is 0.371. The fourth-order valence-electron chi connectivity index (χ4n) is 3.17. The van der Waals surface area contributed by atoms with Crippen LogP contribution < -0.4 is 10.6 Å². The Hall–Kier alpha value is -0.530. The van der Waals surface area contributed by atoms with E-state index >= 15 is 0 Å². The Morgan fingerprint density at radius 3 is 2.64 bits per heavy atom. The molecule has 0 aromatic heterocycles. The molecule has 1 atom stereocenters. The van der Waals surface area contributed by atoms with Gasteiger partial charge in [-0.15, -0.1) is 24.0 Å². The van der Waals surface area contributed by atoms with E-state index < -0.39 is 0 Å². The van der Waals surface area contributed by atoms with Crippen molar-refractivity contribution in [3.05, 3.63) is 34.9 Å². The van der Waals surface area contributed by atoms with Crippen LogP contribution in [-0.2, 0) is 6.42 Å². The predicted octanol–water partition coefficient (Wildman–Crippen LogP) is 3.79. The third kappa shape index (κ3) is 8.13. The summed E-state index contributed by atoms with van der Waals surface area (Å²) in [5.41, 5.74) is 1.28. The molecule has 0 aliphatic carbocycles. The molecular weight excluding hydrogens is 447 g/mol. The Balaban J connectivity index is 0.00000312. The van der Waals surface area contributed by atoms with E-state index in [2.05, 4.69) is 46.5 Å². The number of nitrogens with zero attached hydrogens (tertiary/aromatic N) is 2. The van der Waals surface area contributed by atoms with Gasteiger partial charge < -0.3 is 15.5 Å². The highest BCUT2D eigenvalue weighted by Crippen LogP contribution is 2.17. The van der Waals surface area contributed by atoms with Crippen LogP contribution in [-0.4, -0.2) is 50.1 Å². The maximum Gasteiger partial charge on any atom is 0.190 e. The fraction of sp³-hybridized carbons (Fsp3) is 0.632. The van der Waals surface area contributed by atoms with Gasteiger partial charge in [0.15, 0.2) is 5.96 Å².